The molecule has 3 fully saturated rings. The van der Waals surface area contributed by atoms with Crippen LogP contribution in [0.4, 0.5) is 0 Å². The molecule has 0 aromatic heterocycles. The molecule has 0 spiro atoms. The number of ketones is 1. The summed E-state index contributed by atoms with van der Waals surface area (Å²) in [5, 5.41) is 11.9. The molecule has 3 heterocycles. The number of nitrogens with one attached hydrogen (secondary N) is 4. The molecule has 1 aromatic rings. The van der Waals surface area contributed by atoms with Crippen molar-refractivity contribution in [3.8, 4) is 5.75 Å². The molecule has 5 rings (SSSR count). The molecule has 246 valence electrons. The van der Waals surface area contributed by atoms with Crippen molar-refractivity contribution in [2.24, 2.45) is 5.92 Å². The number of hydrogen-bond donors (Lipinski definition) is 4. The van der Waals surface area contributed by atoms with Crippen molar-refractivity contribution in [3.63, 3.8) is 0 Å². The molecule has 45 heavy (non-hydrogen) atoms. The summed E-state index contributed by atoms with van der Waals surface area (Å²) in [6.07, 6.45) is 6.56. The molecule has 3 amide bonds. The van der Waals surface area contributed by atoms with Gasteiger partial charge in [-0.15, -0.1) is 0 Å². The molecule has 0 saturated carbocycles. The van der Waals surface area contributed by atoms with Gasteiger partial charge in [-0.05, 0) is 56.7 Å². The van der Waals surface area contributed by atoms with E-state index in [1.165, 1.54) is 0 Å². The zero-order chi connectivity index (χ0) is 31.8. The van der Waals surface area contributed by atoms with Crippen LogP contribution in [0, 0.1) is 5.92 Å². The van der Waals surface area contributed by atoms with Crippen molar-refractivity contribution in [1.82, 2.24) is 21.3 Å². The lowest BCUT2D eigenvalue weighted by molar-refractivity contribution is -0.140. The molecule has 12 nitrogen and oxygen atoms in total. The normalized spacial score (nSPS) is 25.0. The van der Waals surface area contributed by atoms with Crippen molar-refractivity contribution in [3.05, 3.63) is 41.5 Å². The van der Waals surface area contributed by atoms with E-state index in [9.17, 15) is 19.2 Å². The van der Waals surface area contributed by atoms with E-state index in [2.05, 4.69) is 27.3 Å². The summed E-state index contributed by atoms with van der Waals surface area (Å²) in [4.78, 5) is 54.2. The summed E-state index contributed by atoms with van der Waals surface area (Å²) in [5.74, 6) is -1.01. The molecular weight excluding hydrogens is 580 g/mol. The monoisotopic (exact) mass is 626 g/mol. The van der Waals surface area contributed by atoms with Crippen LogP contribution in [0.5, 0.6) is 5.75 Å². The number of morpholine rings is 1. The minimum absolute atomic E-state index is 0.112. The summed E-state index contributed by atoms with van der Waals surface area (Å²) < 4.78 is 21.7. The van der Waals surface area contributed by atoms with Crippen molar-refractivity contribution in [2.45, 2.75) is 81.7 Å². The van der Waals surface area contributed by atoms with E-state index in [4.69, 9.17) is 18.9 Å². The van der Waals surface area contributed by atoms with Gasteiger partial charge in [0.25, 0.3) is 0 Å². The van der Waals surface area contributed by atoms with Gasteiger partial charge in [0.05, 0.1) is 52.1 Å². The number of allylic oxidation sites excluding steroid dienone is 1. The first-order valence-electron chi connectivity index (χ1n) is 16.0. The second kappa shape index (κ2) is 15.3. The fourth-order valence-electron chi connectivity index (χ4n) is 5.95. The molecule has 1 aromatic carbocycles. The predicted molar refractivity (Wildman–Crippen MR) is 165 cm³/mol. The second-order valence-electron chi connectivity index (χ2n) is 12.6. The molecule has 12 heteroatoms. The number of rotatable bonds is 15. The summed E-state index contributed by atoms with van der Waals surface area (Å²) in [5.41, 5.74) is 1.02. The zero-order valence-electron chi connectivity index (χ0n) is 26.2. The first-order valence-corrected chi connectivity index (χ1v) is 16.0. The first kappa shape index (κ1) is 33.1. The molecule has 1 unspecified atom stereocenters. The lowest BCUT2D eigenvalue weighted by atomic mass is 9.89. The molecule has 4 N–H and O–H groups in total. The average molecular weight is 627 g/mol. The highest BCUT2D eigenvalue weighted by molar-refractivity contribution is 5.98. The molecule has 1 aliphatic carbocycles. The SMILES string of the molecule is COc1ccc(C[C@H](NC(=O)[C@@H](NC(=O)CC2CNCCO2)C2COC2)C(=O)N[C@@H](CC2=CCCCC2)C(=O)[C@@]2(C)CO2)cc1. The summed E-state index contributed by atoms with van der Waals surface area (Å²) in [6, 6.07) is 4.54. The van der Waals surface area contributed by atoms with E-state index in [-0.39, 0.29) is 36.6 Å². The van der Waals surface area contributed by atoms with E-state index in [0.717, 1.165) is 43.4 Å². The maximum atomic E-state index is 14.0. The Balaban J connectivity index is 1.32. The average Bonchev–Trinajstić information content (AvgIpc) is 3.78. The molecule has 5 atom stereocenters. The maximum Gasteiger partial charge on any atom is 0.243 e. The van der Waals surface area contributed by atoms with Crippen molar-refractivity contribution < 1.29 is 38.1 Å². The first-order chi connectivity index (χ1) is 21.7. The topological polar surface area (TPSA) is 157 Å². The fraction of sp³-hybridized carbons (Fsp3) is 0.636. The largest absolute Gasteiger partial charge is 0.497 e. The number of Topliss-reactive ketones (excluding diaryl/α,β-unsaturated/α-hetero) is 1. The van der Waals surface area contributed by atoms with Crippen LogP contribution >= 0.6 is 0 Å². The highest BCUT2D eigenvalue weighted by Gasteiger charge is 2.50. The Morgan fingerprint density at radius 3 is 2.38 bits per heavy atom. The smallest absolute Gasteiger partial charge is 0.243 e. The molecule has 3 aliphatic heterocycles. The Bertz CT molecular complexity index is 1240. The molecule has 0 radical (unpaired) electrons. The van der Waals surface area contributed by atoms with Gasteiger partial charge < -0.3 is 40.2 Å². The zero-order valence-corrected chi connectivity index (χ0v) is 26.2. The number of amides is 3. The molecular formula is C33H46N4O8. The van der Waals surface area contributed by atoms with Crippen LogP contribution in [0.3, 0.4) is 0 Å². The minimum atomic E-state index is -1.01. The van der Waals surface area contributed by atoms with Crippen LogP contribution in [-0.2, 0) is 39.8 Å². The highest BCUT2D eigenvalue weighted by Crippen LogP contribution is 2.31. The number of carbonyl (C=O) groups excluding carboxylic acids is 4. The number of hydrogen-bond acceptors (Lipinski definition) is 9. The number of epoxide rings is 1. The van der Waals surface area contributed by atoms with E-state index < -0.39 is 35.5 Å². The van der Waals surface area contributed by atoms with Gasteiger partial charge in [0.15, 0.2) is 5.78 Å². The van der Waals surface area contributed by atoms with Crippen LogP contribution in [-0.4, -0.2) is 100.0 Å². The maximum absolute atomic E-state index is 14.0. The predicted octanol–water partition coefficient (Wildman–Crippen LogP) is 0.966. The Hall–Kier alpha value is -3.32. The number of carbonyl (C=O) groups is 4. The highest BCUT2D eigenvalue weighted by atomic mass is 16.6. The second-order valence-corrected chi connectivity index (χ2v) is 12.6. The van der Waals surface area contributed by atoms with Gasteiger partial charge in [0, 0.05) is 25.4 Å². The van der Waals surface area contributed by atoms with E-state index in [0.29, 0.717) is 45.1 Å². The number of ether oxygens (including phenoxy) is 4. The molecule has 3 saturated heterocycles. The molecule has 0 bridgehead atoms. The van der Waals surface area contributed by atoms with Gasteiger partial charge in [-0.25, -0.2) is 0 Å². The van der Waals surface area contributed by atoms with Gasteiger partial charge >= 0.3 is 0 Å². The van der Waals surface area contributed by atoms with Gasteiger partial charge in [-0.2, -0.15) is 0 Å². The number of benzene rings is 1. The minimum Gasteiger partial charge on any atom is -0.497 e. The number of methoxy groups -OCH3 is 1. The van der Waals surface area contributed by atoms with Gasteiger partial charge in [-0.3, -0.25) is 19.2 Å². The van der Waals surface area contributed by atoms with Gasteiger partial charge in [0.2, 0.25) is 17.7 Å². The third-order valence-corrected chi connectivity index (χ3v) is 8.97. The van der Waals surface area contributed by atoms with Crippen LogP contribution in [0.25, 0.3) is 0 Å². The van der Waals surface area contributed by atoms with Gasteiger partial charge in [-0.1, -0.05) is 23.8 Å². The quantitative estimate of drug-likeness (QED) is 0.165. The third-order valence-electron chi connectivity index (χ3n) is 8.97. The standard InChI is InChI=1S/C33H46N4O8/c1-33(20-45-33)30(39)26(14-21-6-4-3-5-7-21)35-31(40)27(15-22-8-10-24(42-2)11-9-22)36-32(41)29(23-18-43-19-23)37-28(38)16-25-17-34-12-13-44-25/h6,8-11,23,25-27,29,34H,3-5,7,12-20H2,1-2H3,(H,35,40)(H,36,41)(H,37,38)/t25?,26-,27-,29-,33+/m0/s1. The van der Waals surface area contributed by atoms with Crippen molar-refractivity contribution >= 4 is 23.5 Å². The molecule has 4 aliphatic rings. The summed E-state index contributed by atoms with van der Waals surface area (Å²) in [6.45, 7) is 4.50. The lowest BCUT2D eigenvalue weighted by Gasteiger charge is -2.34. The summed E-state index contributed by atoms with van der Waals surface area (Å²) in [7, 11) is 1.57. The van der Waals surface area contributed by atoms with E-state index in [1.54, 1.807) is 26.2 Å². The Labute approximate surface area is 264 Å². The van der Waals surface area contributed by atoms with Crippen LogP contribution < -0.4 is 26.0 Å². The Morgan fingerprint density at radius 1 is 1.02 bits per heavy atom. The lowest BCUT2D eigenvalue weighted by Crippen LogP contribution is -2.61. The van der Waals surface area contributed by atoms with E-state index >= 15 is 0 Å². The van der Waals surface area contributed by atoms with E-state index in [1.807, 2.05) is 12.1 Å². The van der Waals surface area contributed by atoms with Crippen molar-refractivity contribution in [2.75, 3.05) is 46.6 Å². The van der Waals surface area contributed by atoms with Gasteiger partial charge in [0.1, 0.15) is 23.4 Å². The van der Waals surface area contributed by atoms with Crippen LogP contribution in [0.1, 0.15) is 51.0 Å². The Kier molecular flexibility index (Phi) is 11.2. The summed E-state index contributed by atoms with van der Waals surface area (Å²) >= 11 is 0. The fourth-order valence-corrected chi connectivity index (χ4v) is 5.95. The Morgan fingerprint density at radius 2 is 1.78 bits per heavy atom. The van der Waals surface area contributed by atoms with Crippen LogP contribution in [0.15, 0.2) is 35.9 Å². The van der Waals surface area contributed by atoms with Crippen molar-refractivity contribution in [1.29, 1.82) is 0 Å². The third kappa shape index (κ3) is 9.12. The van der Waals surface area contributed by atoms with Crippen LogP contribution in [0.2, 0.25) is 0 Å².